The molecular formula is C20H22N2OS. The van der Waals surface area contributed by atoms with Gasteiger partial charge in [0.25, 0.3) is 5.91 Å². The highest BCUT2D eigenvalue weighted by Crippen LogP contribution is 2.39. The molecule has 2 aliphatic rings. The van der Waals surface area contributed by atoms with Gasteiger partial charge in [0.2, 0.25) is 0 Å². The highest BCUT2D eigenvalue weighted by molar-refractivity contribution is 7.99. The molecule has 2 aromatic carbocycles. The lowest BCUT2D eigenvalue weighted by Crippen LogP contribution is -2.62. The minimum atomic E-state index is -0.217. The molecule has 0 bridgehead atoms. The fourth-order valence-corrected chi connectivity index (χ4v) is 4.91. The topological polar surface area (TPSA) is 32.3 Å². The lowest BCUT2D eigenvalue weighted by Gasteiger charge is -2.50. The van der Waals surface area contributed by atoms with Crippen LogP contribution in [0.4, 0.5) is 5.69 Å². The molecule has 1 N–H and O–H groups in total. The highest BCUT2D eigenvalue weighted by atomic mass is 32.2. The van der Waals surface area contributed by atoms with E-state index in [1.54, 1.807) is 0 Å². The molecule has 1 fully saturated rings. The van der Waals surface area contributed by atoms with Crippen LogP contribution < -0.4 is 5.32 Å². The zero-order valence-corrected chi connectivity index (χ0v) is 14.5. The maximum absolute atomic E-state index is 13.2. The summed E-state index contributed by atoms with van der Waals surface area (Å²) in [5.41, 5.74) is 2.86. The van der Waals surface area contributed by atoms with Gasteiger partial charge in [0.05, 0.1) is 5.56 Å². The lowest BCUT2D eigenvalue weighted by atomic mass is 9.93. The molecule has 2 heterocycles. The number of amides is 1. The van der Waals surface area contributed by atoms with E-state index in [9.17, 15) is 4.79 Å². The van der Waals surface area contributed by atoms with E-state index in [1.807, 2.05) is 42.1 Å². The number of rotatable bonds is 3. The van der Waals surface area contributed by atoms with Gasteiger partial charge in [-0.15, -0.1) is 0 Å². The number of carbonyl (C=O) groups excluding carboxylic acids is 1. The molecule has 2 aliphatic heterocycles. The zero-order valence-electron chi connectivity index (χ0n) is 13.7. The van der Waals surface area contributed by atoms with Gasteiger partial charge >= 0.3 is 0 Å². The molecule has 24 heavy (non-hydrogen) atoms. The Bertz CT molecular complexity index is 725. The predicted octanol–water partition coefficient (Wildman–Crippen LogP) is 4.02. The number of thioether (sulfide) groups is 1. The van der Waals surface area contributed by atoms with Crippen molar-refractivity contribution in [3.63, 3.8) is 0 Å². The van der Waals surface area contributed by atoms with E-state index < -0.39 is 0 Å². The Hall–Kier alpha value is -1.94. The maximum Gasteiger partial charge on any atom is 0.257 e. The van der Waals surface area contributed by atoms with Gasteiger partial charge in [-0.2, -0.15) is 11.8 Å². The molecule has 1 amide bonds. The van der Waals surface area contributed by atoms with E-state index in [2.05, 4.69) is 34.5 Å². The SMILES string of the molecule is O=C1c2ccccc2NC2(CCSCC2)N1CCc1ccccc1. The van der Waals surface area contributed by atoms with Gasteiger partial charge in [-0.05, 0) is 48.5 Å². The first-order valence-corrected chi connectivity index (χ1v) is 9.75. The molecule has 0 radical (unpaired) electrons. The van der Waals surface area contributed by atoms with Crippen molar-refractivity contribution in [3.05, 3.63) is 65.7 Å². The molecule has 0 saturated carbocycles. The minimum Gasteiger partial charge on any atom is -0.362 e. The van der Waals surface area contributed by atoms with Crippen LogP contribution in [0.3, 0.4) is 0 Å². The summed E-state index contributed by atoms with van der Waals surface area (Å²) in [6.07, 6.45) is 2.91. The van der Waals surface area contributed by atoms with Crippen molar-refractivity contribution in [2.75, 3.05) is 23.4 Å². The number of carbonyl (C=O) groups is 1. The molecule has 2 aromatic rings. The smallest absolute Gasteiger partial charge is 0.257 e. The van der Waals surface area contributed by atoms with Crippen molar-refractivity contribution >= 4 is 23.4 Å². The fraction of sp³-hybridized carbons (Fsp3) is 0.350. The van der Waals surface area contributed by atoms with E-state index in [-0.39, 0.29) is 11.6 Å². The summed E-state index contributed by atoms with van der Waals surface area (Å²) in [5.74, 6) is 2.38. The summed E-state index contributed by atoms with van der Waals surface area (Å²) in [5, 5.41) is 3.72. The van der Waals surface area contributed by atoms with Crippen LogP contribution in [-0.4, -0.2) is 34.5 Å². The van der Waals surface area contributed by atoms with Gasteiger partial charge in [-0.3, -0.25) is 4.79 Å². The van der Waals surface area contributed by atoms with Crippen molar-refractivity contribution in [2.45, 2.75) is 24.9 Å². The Morgan fingerprint density at radius 2 is 1.71 bits per heavy atom. The third kappa shape index (κ3) is 2.80. The number of nitrogens with one attached hydrogen (secondary N) is 1. The quantitative estimate of drug-likeness (QED) is 0.917. The van der Waals surface area contributed by atoms with Crippen LogP contribution in [0.5, 0.6) is 0 Å². The molecule has 0 aliphatic carbocycles. The van der Waals surface area contributed by atoms with E-state index >= 15 is 0 Å². The summed E-state index contributed by atoms with van der Waals surface area (Å²) in [6, 6.07) is 18.4. The first-order chi connectivity index (χ1) is 11.8. The predicted molar refractivity (Wildman–Crippen MR) is 101 cm³/mol. The van der Waals surface area contributed by atoms with E-state index in [0.717, 1.165) is 48.6 Å². The summed E-state index contributed by atoms with van der Waals surface area (Å²) in [7, 11) is 0. The Labute approximate surface area is 147 Å². The maximum atomic E-state index is 13.2. The normalized spacial score (nSPS) is 19.0. The van der Waals surface area contributed by atoms with Crippen LogP contribution in [0.25, 0.3) is 0 Å². The van der Waals surface area contributed by atoms with E-state index in [0.29, 0.717) is 0 Å². The standard InChI is InChI=1S/C20H22N2OS/c23-19-17-8-4-5-9-18(17)21-20(11-14-24-15-12-20)22(19)13-10-16-6-2-1-3-7-16/h1-9,21H,10-15H2. The van der Waals surface area contributed by atoms with Gasteiger partial charge < -0.3 is 10.2 Å². The van der Waals surface area contributed by atoms with Crippen LogP contribution >= 0.6 is 11.8 Å². The van der Waals surface area contributed by atoms with Crippen LogP contribution in [0, 0.1) is 0 Å². The minimum absolute atomic E-state index is 0.173. The third-order valence-corrected chi connectivity index (χ3v) is 6.06. The Morgan fingerprint density at radius 3 is 2.50 bits per heavy atom. The molecular weight excluding hydrogens is 316 g/mol. The molecule has 0 atom stereocenters. The van der Waals surface area contributed by atoms with Crippen LogP contribution in [-0.2, 0) is 6.42 Å². The van der Waals surface area contributed by atoms with Gasteiger partial charge in [-0.1, -0.05) is 42.5 Å². The second-order valence-corrected chi connectivity index (χ2v) is 7.73. The van der Waals surface area contributed by atoms with E-state index in [4.69, 9.17) is 0 Å². The molecule has 0 unspecified atom stereocenters. The number of nitrogens with zero attached hydrogens (tertiary/aromatic N) is 1. The number of anilines is 1. The molecule has 4 rings (SSSR count). The van der Waals surface area contributed by atoms with Gasteiger partial charge in [0.15, 0.2) is 0 Å². The van der Waals surface area contributed by atoms with Crippen LogP contribution in [0.2, 0.25) is 0 Å². The Morgan fingerprint density at radius 1 is 1.00 bits per heavy atom. The van der Waals surface area contributed by atoms with Crippen molar-refractivity contribution in [1.29, 1.82) is 0 Å². The lowest BCUT2D eigenvalue weighted by molar-refractivity contribution is 0.0485. The van der Waals surface area contributed by atoms with Crippen molar-refractivity contribution < 1.29 is 4.79 Å². The van der Waals surface area contributed by atoms with Crippen molar-refractivity contribution in [3.8, 4) is 0 Å². The average Bonchev–Trinajstić information content (AvgIpc) is 2.63. The summed E-state index contributed by atoms with van der Waals surface area (Å²) < 4.78 is 0. The highest BCUT2D eigenvalue weighted by Gasteiger charge is 2.44. The second-order valence-electron chi connectivity index (χ2n) is 6.51. The monoisotopic (exact) mass is 338 g/mol. The second kappa shape index (κ2) is 6.52. The molecule has 1 saturated heterocycles. The van der Waals surface area contributed by atoms with Crippen molar-refractivity contribution in [2.24, 2.45) is 0 Å². The largest absolute Gasteiger partial charge is 0.362 e. The zero-order chi connectivity index (χ0) is 16.4. The molecule has 3 nitrogen and oxygen atoms in total. The first kappa shape index (κ1) is 15.6. The summed E-state index contributed by atoms with van der Waals surface area (Å²) >= 11 is 1.98. The number of hydrogen-bond acceptors (Lipinski definition) is 3. The number of benzene rings is 2. The number of fused-ring (bicyclic) bond motifs is 1. The number of hydrogen-bond donors (Lipinski definition) is 1. The van der Waals surface area contributed by atoms with Gasteiger partial charge in [0, 0.05) is 12.2 Å². The van der Waals surface area contributed by atoms with Crippen molar-refractivity contribution in [1.82, 2.24) is 4.90 Å². The molecule has 1 spiro atoms. The van der Waals surface area contributed by atoms with Gasteiger partial charge in [0.1, 0.15) is 5.66 Å². The number of para-hydroxylation sites is 1. The van der Waals surface area contributed by atoms with E-state index in [1.165, 1.54) is 5.56 Å². The third-order valence-electron chi connectivity index (χ3n) is 5.07. The molecule has 124 valence electrons. The molecule has 0 aromatic heterocycles. The fourth-order valence-electron chi connectivity index (χ4n) is 3.74. The van der Waals surface area contributed by atoms with Crippen LogP contribution in [0.1, 0.15) is 28.8 Å². The van der Waals surface area contributed by atoms with Crippen LogP contribution in [0.15, 0.2) is 54.6 Å². The Balaban J connectivity index is 1.64. The Kier molecular flexibility index (Phi) is 4.23. The summed E-state index contributed by atoms with van der Waals surface area (Å²) in [6.45, 7) is 0.759. The first-order valence-electron chi connectivity index (χ1n) is 8.59. The molecule has 4 heteroatoms. The summed E-state index contributed by atoms with van der Waals surface area (Å²) in [4.78, 5) is 15.3. The van der Waals surface area contributed by atoms with Gasteiger partial charge in [-0.25, -0.2) is 0 Å². The average molecular weight is 338 g/mol.